The van der Waals surface area contributed by atoms with Gasteiger partial charge in [0, 0.05) is 6.07 Å². The van der Waals surface area contributed by atoms with Gasteiger partial charge >= 0.3 is 0 Å². The number of hydrogen-bond acceptors (Lipinski definition) is 2. The van der Waals surface area contributed by atoms with E-state index in [9.17, 15) is 17.2 Å². The van der Waals surface area contributed by atoms with E-state index in [-0.39, 0.29) is 6.42 Å². The zero-order valence-electron chi connectivity index (χ0n) is 15.9. The van der Waals surface area contributed by atoms with Gasteiger partial charge in [0.15, 0.2) is 5.67 Å². The van der Waals surface area contributed by atoms with Gasteiger partial charge in [0.05, 0.1) is 11.3 Å². The van der Waals surface area contributed by atoms with Crippen molar-refractivity contribution in [3.05, 3.63) is 59.7 Å². The molecule has 7 heteroatoms. The highest BCUT2D eigenvalue weighted by molar-refractivity contribution is 7.90. The Morgan fingerprint density at radius 3 is 2.18 bits per heavy atom. The van der Waals surface area contributed by atoms with Crippen LogP contribution < -0.4 is 4.72 Å². The molecule has 2 aromatic rings. The van der Waals surface area contributed by atoms with E-state index in [4.69, 9.17) is 0 Å². The zero-order valence-corrected chi connectivity index (χ0v) is 16.7. The van der Waals surface area contributed by atoms with Crippen LogP contribution in [0.2, 0.25) is 0 Å². The first kappa shape index (κ1) is 20.9. The molecule has 2 aromatic carbocycles. The second-order valence-corrected chi connectivity index (χ2v) is 9.88. The molecule has 0 amide bonds. The van der Waals surface area contributed by atoms with Crippen molar-refractivity contribution < 1.29 is 21.6 Å². The normalized spacial score (nSPS) is 23.1. The Labute approximate surface area is 164 Å². The molecule has 0 bridgehead atoms. The van der Waals surface area contributed by atoms with Crippen molar-refractivity contribution in [2.24, 2.45) is 0 Å². The van der Waals surface area contributed by atoms with Crippen LogP contribution in [0.25, 0.3) is 11.1 Å². The topological polar surface area (TPSA) is 46.2 Å². The highest BCUT2D eigenvalue weighted by atomic mass is 32.2. The standard InChI is InChI=1S/C21H24F3NO2S/c1-14(2)28(26,27)25-20-5-3-4-10-21(20,24)17-8-6-15(7-9-17)16-11-18(22)13-19(23)12-16/h6-9,11-14,20,25H,3-5,10H2,1-2H3/t20-,21-/m0/s1. The number of hydrogen-bond donors (Lipinski definition) is 1. The maximum atomic E-state index is 16.0. The fourth-order valence-corrected chi connectivity index (χ4v) is 4.60. The molecule has 0 radical (unpaired) electrons. The van der Waals surface area contributed by atoms with E-state index in [0.717, 1.165) is 12.5 Å². The summed E-state index contributed by atoms with van der Waals surface area (Å²) in [4.78, 5) is 0. The fourth-order valence-electron chi connectivity index (χ4n) is 3.63. The van der Waals surface area contributed by atoms with E-state index < -0.39 is 38.6 Å². The first-order valence-electron chi connectivity index (χ1n) is 9.39. The Hall–Kier alpha value is -1.86. The van der Waals surface area contributed by atoms with Gasteiger partial charge in [0.25, 0.3) is 0 Å². The molecule has 152 valence electrons. The van der Waals surface area contributed by atoms with Crippen molar-refractivity contribution in [1.82, 2.24) is 4.72 Å². The van der Waals surface area contributed by atoms with E-state index in [0.29, 0.717) is 29.5 Å². The minimum absolute atomic E-state index is 0.215. The molecular formula is C21H24F3NO2S. The summed E-state index contributed by atoms with van der Waals surface area (Å²) in [5.41, 5.74) is -0.547. The molecule has 3 rings (SSSR count). The van der Waals surface area contributed by atoms with Crippen LogP contribution in [0.15, 0.2) is 42.5 Å². The van der Waals surface area contributed by atoms with Crippen molar-refractivity contribution >= 4 is 10.0 Å². The largest absolute Gasteiger partial charge is 0.237 e. The molecule has 1 aliphatic rings. The molecule has 0 heterocycles. The van der Waals surface area contributed by atoms with E-state index in [1.165, 1.54) is 12.1 Å². The summed E-state index contributed by atoms with van der Waals surface area (Å²) in [5, 5.41) is -0.649. The molecule has 0 spiro atoms. The average Bonchev–Trinajstić information content (AvgIpc) is 2.63. The number of nitrogens with one attached hydrogen (secondary N) is 1. The molecule has 1 fully saturated rings. The highest BCUT2D eigenvalue weighted by Crippen LogP contribution is 2.42. The van der Waals surface area contributed by atoms with Gasteiger partial charge in [-0.2, -0.15) is 0 Å². The molecule has 28 heavy (non-hydrogen) atoms. The molecule has 2 atom stereocenters. The number of halogens is 3. The Morgan fingerprint density at radius 1 is 1.00 bits per heavy atom. The van der Waals surface area contributed by atoms with Gasteiger partial charge < -0.3 is 0 Å². The molecule has 1 saturated carbocycles. The van der Waals surface area contributed by atoms with Crippen LogP contribution >= 0.6 is 0 Å². The maximum absolute atomic E-state index is 16.0. The van der Waals surface area contributed by atoms with Gasteiger partial charge in [0.2, 0.25) is 10.0 Å². The molecule has 0 aromatic heterocycles. The van der Waals surface area contributed by atoms with Gasteiger partial charge in [-0.15, -0.1) is 0 Å². The van der Waals surface area contributed by atoms with E-state index >= 15 is 4.39 Å². The van der Waals surface area contributed by atoms with Crippen molar-refractivity contribution in [2.75, 3.05) is 0 Å². The van der Waals surface area contributed by atoms with Gasteiger partial charge in [-0.1, -0.05) is 30.7 Å². The van der Waals surface area contributed by atoms with E-state index in [1.54, 1.807) is 38.1 Å². The summed E-state index contributed by atoms with van der Waals surface area (Å²) in [7, 11) is -3.61. The summed E-state index contributed by atoms with van der Waals surface area (Å²) in [6, 6.07) is 8.72. The monoisotopic (exact) mass is 411 g/mol. The third-order valence-electron chi connectivity index (χ3n) is 5.32. The van der Waals surface area contributed by atoms with Gasteiger partial charge in [0.1, 0.15) is 11.6 Å². The molecule has 1 N–H and O–H groups in total. The second-order valence-electron chi connectivity index (χ2n) is 7.61. The number of rotatable bonds is 5. The zero-order chi connectivity index (χ0) is 20.5. The lowest BCUT2D eigenvalue weighted by Crippen LogP contribution is -2.51. The van der Waals surface area contributed by atoms with Crippen LogP contribution in [0.1, 0.15) is 45.1 Å². The SMILES string of the molecule is CC(C)S(=O)(=O)N[C@H]1CCCC[C@]1(F)c1ccc(-c2cc(F)cc(F)c2)cc1. The Kier molecular flexibility index (Phi) is 5.87. The molecule has 0 saturated heterocycles. The minimum Gasteiger partial charge on any atom is -0.237 e. The summed E-state index contributed by atoms with van der Waals surface area (Å²) in [6.45, 7) is 3.11. The van der Waals surface area contributed by atoms with Gasteiger partial charge in [-0.3, -0.25) is 0 Å². The van der Waals surface area contributed by atoms with Gasteiger partial charge in [-0.05, 0) is 61.9 Å². The molecule has 0 unspecified atom stereocenters. The van der Waals surface area contributed by atoms with Crippen LogP contribution in [-0.2, 0) is 15.7 Å². The Bertz CT molecular complexity index is 924. The van der Waals surface area contributed by atoms with E-state index in [1.807, 2.05) is 0 Å². The van der Waals surface area contributed by atoms with Crippen molar-refractivity contribution in [3.63, 3.8) is 0 Å². The van der Waals surface area contributed by atoms with Crippen LogP contribution in [0.3, 0.4) is 0 Å². The molecular weight excluding hydrogens is 387 g/mol. The fraction of sp³-hybridized carbons (Fsp3) is 0.429. The Morgan fingerprint density at radius 2 is 1.61 bits per heavy atom. The van der Waals surface area contributed by atoms with Gasteiger partial charge in [-0.25, -0.2) is 26.3 Å². The third kappa shape index (κ3) is 4.25. The summed E-state index contributed by atoms with van der Waals surface area (Å²) >= 11 is 0. The smallest absolute Gasteiger partial charge is 0.214 e. The summed E-state index contributed by atoms with van der Waals surface area (Å²) in [6.07, 6.45) is 2.04. The van der Waals surface area contributed by atoms with Crippen molar-refractivity contribution in [3.8, 4) is 11.1 Å². The quantitative estimate of drug-likeness (QED) is 0.747. The number of alkyl halides is 1. The predicted octanol–water partition coefficient (Wildman–Crippen LogP) is 5.07. The predicted molar refractivity (Wildman–Crippen MR) is 104 cm³/mol. The van der Waals surface area contributed by atoms with Crippen molar-refractivity contribution in [1.29, 1.82) is 0 Å². The lowest BCUT2D eigenvalue weighted by molar-refractivity contribution is 0.0712. The van der Waals surface area contributed by atoms with Crippen LogP contribution in [0.4, 0.5) is 13.2 Å². The lowest BCUT2D eigenvalue weighted by atomic mass is 9.77. The average molecular weight is 411 g/mol. The van der Waals surface area contributed by atoms with E-state index in [2.05, 4.69) is 4.72 Å². The second kappa shape index (κ2) is 7.87. The number of sulfonamides is 1. The summed E-state index contributed by atoms with van der Waals surface area (Å²) in [5.74, 6) is -1.37. The summed E-state index contributed by atoms with van der Waals surface area (Å²) < 4.78 is 70.0. The highest BCUT2D eigenvalue weighted by Gasteiger charge is 2.44. The first-order chi connectivity index (χ1) is 13.1. The minimum atomic E-state index is -3.61. The third-order valence-corrected chi connectivity index (χ3v) is 7.18. The van der Waals surface area contributed by atoms with Crippen LogP contribution in [-0.4, -0.2) is 19.7 Å². The molecule has 0 aliphatic heterocycles. The molecule has 3 nitrogen and oxygen atoms in total. The van der Waals surface area contributed by atoms with Crippen LogP contribution in [0.5, 0.6) is 0 Å². The lowest BCUT2D eigenvalue weighted by Gasteiger charge is -2.38. The molecule has 1 aliphatic carbocycles. The van der Waals surface area contributed by atoms with Crippen molar-refractivity contribution in [2.45, 2.75) is 56.5 Å². The first-order valence-corrected chi connectivity index (χ1v) is 10.9. The number of benzene rings is 2. The van der Waals surface area contributed by atoms with Crippen LogP contribution in [0, 0.1) is 11.6 Å². The Balaban J connectivity index is 1.91. The maximum Gasteiger partial charge on any atom is 0.214 e.